The second-order valence-electron chi connectivity index (χ2n) is 4.24. The van der Waals surface area contributed by atoms with Crippen molar-refractivity contribution in [2.75, 3.05) is 6.61 Å². The molecule has 5 heteroatoms. The number of halogens is 4. The highest BCUT2D eigenvalue weighted by molar-refractivity contribution is 5.63. The summed E-state index contributed by atoms with van der Waals surface area (Å²) in [6.07, 6.45) is -4.34. The molecule has 0 aliphatic heterocycles. The molecule has 2 aromatic carbocycles. The van der Waals surface area contributed by atoms with E-state index in [-0.39, 0.29) is 12.4 Å². The lowest BCUT2D eigenvalue weighted by molar-refractivity contribution is -0.176. The number of ether oxygens (including phenoxy) is 1. The summed E-state index contributed by atoms with van der Waals surface area (Å²) in [6.45, 7) is -1.43. The van der Waals surface area contributed by atoms with E-state index in [1.807, 2.05) is 0 Å². The van der Waals surface area contributed by atoms with Crippen LogP contribution < -0.4 is 0 Å². The van der Waals surface area contributed by atoms with E-state index in [2.05, 4.69) is 10.8 Å². The van der Waals surface area contributed by atoms with Crippen LogP contribution in [0.2, 0.25) is 0 Å². The van der Waals surface area contributed by atoms with E-state index < -0.39 is 12.8 Å². The van der Waals surface area contributed by atoms with E-state index in [1.54, 1.807) is 30.3 Å². The molecule has 105 valence electrons. The third kappa shape index (κ3) is 4.35. The van der Waals surface area contributed by atoms with Gasteiger partial charge in [-0.25, -0.2) is 4.39 Å². The van der Waals surface area contributed by atoms with Crippen molar-refractivity contribution in [2.45, 2.75) is 12.8 Å². The van der Waals surface area contributed by atoms with Crippen molar-refractivity contribution in [2.24, 2.45) is 0 Å². The predicted octanol–water partition coefficient (Wildman–Crippen LogP) is 4.37. The van der Waals surface area contributed by atoms with Gasteiger partial charge in [-0.3, -0.25) is 0 Å². The Hall–Kier alpha value is -1.88. The minimum absolute atomic E-state index is 0.148. The molecule has 0 unspecified atom stereocenters. The van der Waals surface area contributed by atoms with Crippen LogP contribution in [0, 0.1) is 11.9 Å². The van der Waals surface area contributed by atoms with Gasteiger partial charge in [-0.2, -0.15) is 13.2 Å². The molecule has 0 saturated carbocycles. The monoisotopic (exact) mass is 283 g/mol. The van der Waals surface area contributed by atoms with Crippen LogP contribution in [0.25, 0.3) is 11.1 Å². The summed E-state index contributed by atoms with van der Waals surface area (Å²) in [5.41, 5.74) is 2.09. The summed E-state index contributed by atoms with van der Waals surface area (Å²) >= 11 is 0. The van der Waals surface area contributed by atoms with E-state index in [0.717, 1.165) is 11.1 Å². The van der Waals surface area contributed by atoms with Gasteiger partial charge in [0.05, 0.1) is 6.61 Å². The van der Waals surface area contributed by atoms with E-state index in [1.165, 1.54) is 12.1 Å². The standard InChI is InChI=1S/C15H11F4O/c16-14-6-4-12(5-7-14)13-3-1-2-11(8-13)9-20-10-15(17,18)19/h2-8H,9-10H2. The first-order valence-corrected chi connectivity index (χ1v) is 5.84. The molecule has 20 heavy (non-hydrogen) atoms. The fraction of sp³-hybridized carbons (Fsp3) is 0.200. The summed E-state index contributed by atoms with van der Waals surface area (Å²) < 4.78 is 53.3. The molecule has 2 aromatic rings. The van der Waals surface area contributed by atoms with Crippen LogP contribution in [0.15, 0.2) is 42.5 Å². The molecule has 1 nitrogen and oxygen atoms in total. The van der Waals surface area contributed by atoms with Gasteiger partial charge in [0.25, 0.3) is 0 Å². The predicted molar refractivity (Wildman–Crippen MR) is 66.4 cm³/mol. The van der Waals surface area contributed by atoms with E-state index in [0.29, 0.717) is 5.56 Å². The van der Waals surface area contributed by atoms with Gasteiger partial charge < -0.3 is 4.74 Å². The molecule has 0 amide bonds. The van der Waals surface area contributed by atoms with Crippen molar-refractivity contribution >= 4 is 0 Å². The zero-order chi connectivity index (χ0) is 14.6. The van der Waals surface area contributed by atoms with Crippen LogP contribution in [0.1, 0.15) is 5.56 Å². The average Bonchev–Trinajstić information content (AvgIpc) is 2.38. The molecular weight excluding hydrogens is 272 g/mol. The number of hydrogen-bond acceptors (Lipinski definition) is 1. The zero-order valence-corrected chi connectivity index (χ0v) is 10.4. The molecule has 0 N–H and O–H groups in total. The fourth-order valence-corrected chi connectivity index (χ4v) is 1.70. The summed E-state index contributed by atoms with van der Waals surface area (Å²) in [5, 5.41) is 0. The van der Waals surface area contributed by atoms with Crippen molar-refractivity contribution in [3.8, 4) is 11.1 Å². The van der Waals surface area contributed by atoms with E-state index >= 15 is 0 Å². The first-order chi connectivity index (χ1) is 9.44. The molecule has 0 aliphatic carbocycles. The highest BCUT2D eigenvalue weighted by atomic mass is 19.4. The normalized spacial score (nSPS) is 11.6. The van der Waals surface area contributed by atoms with Crippen molar-refractivity contribution in [1.29, 1.82) is 0 Å². The van der Waals surface area contributed by atoms with Crippen LogP contribution in [0.5, 0.6) is 0 Å². The third-order valence-electron chi connectivity index (χ3n) is 2.56. The quantitative estimate of drug-likeness (QED) is 0.757. The van der Waals surface area contributed by atoms with Crippen LogP contribution in [0.3, 0.4) is 0 Å². The minimum Gasteiger partial charge on any atom is -0.367 e. The highest BCUT2D eigenvalue weighted by Crippen LogP contribution is 2.21. The largest absolute Gasteiger partial charge is 0.411 e. The summed E-state index contributed by atoms with van der Waals surface area (Å²) in [6, 6.07) is 13.6. The second kappa shape index (κ2) is 6.05. The third-order valence-corrected chi connectivity index (χ3v) is 2.56. The number of hydrogen-bond donors (Lipinski definition) is 0. The molecule has 0 aromatic heterocycles. The Balaban J connectivity index is 2.06. The molecule has 0 heterocycles. The molecule has 2 rings (SSSR count). The number of alkyl halides is 3. The Labute approximate surface area is 113 Å². The van der Waals surface area contributed by atoms with Crippen LogP contribution >= 0.6 is 0 Å². The number of benzene rings is 2. The van der Waals surface area contributed by atoms with Gasteiger partial charge in [-0.15, -0.1) is 0 Å². The van der Waals surface area contributed by atoms with Gasteiger partial charge in [0, 0.05) is 0 Å². The smallest absolute Gasteiger partial charge is 0.367 e. The van der Waals surface area contributed by atoms with Gasteiger partial charge >= 0.3 is 6.18 Å². The summed E-state index contributed by atoms with van der Waals surface area (Å²) in [4.78, 5) is 0. The lowest BCUT2D eigenvalue weighted by Gasteiger charge is -2.09. The second-order valence-corrected chi connectivity index (χ2v) is 4.24. The molecule has 0 saturated heterocycles. The molecule has 0 atom stereocenters. The van der Waals surface area contributed by atoms with Crippen LogP contribution in [0.4, 0.5) is 17.6 Å². The molecule has 0 bridgehead atoms. The first kappa shape index (κ1) is 14.5. The topological polar surface area (TPSA) is 9.23 Å². The lowest BCUT2D eigenvalue weighted by Crippen LogP contribution is -2.16. The SMILES string of the molecule is Fc1ccc(-c2c[c]cc(COCC(F)(F)F)c2)cc1. The van der Waals surface area contributed by atoms with Crippen LogP contribution in [-0.4, -0.2) is 12.8 Å². The number of rotatable bonds is 4. The minimum atomic E-state index is -4.34. The molecule has 1 radical (unpaired) electrons. The maximum atomic E-state index is 12.8. The van der Waals surface area contributed by atoms with Gasteiger partial charge in [0.15, 0.2) is 0 Å². The summed E-state index contributed by atoms with van der Waals surface area (Å²) in [5.74, 6) is -0.345. The Morgan fingerprint density at radius 3 is 2.35 bits per heavy atom. The van der Waals surface area contributed by atoms with E-state index in [9.17, 15) is 17.6 Å². The zero-order valence-electron chi connectivity index (χ0n) is 10.4. The van der Waals surface area contributed by atoms with Crippen molar-refractivity contribution in [3.63, 3.8) is 0 Å². The Morgan fingerprint density at radius 1 is 1.00 bits per heavy atom. The summed E-state index contributed by atoms with van der Waals surface area (Å²) in [7, 11) is 0. The van der Waals surface area contributed by atoms with Gasteiger partial charge in [-0.05, 0) is 53.1 Å². The molecule has 0 aliphatic rings. The Morgan fingerprint density at radius 2 is 1.70 bits per heavy atom. The molecule has 0 fully saturated rings. The van der Waals surface area contributed by atoms with Crippen molar-refractivity contribution in [3.05, 3.63) is 59.9 Å². The highest BCUT2D eigenvalue weighted by Gasteiger charge is 2.27. The first-order valence-electron chi connectivity index (χ1n) is 5.84. The Bertz CT molecular complexity index is 561. The van der Waals surface area contributed by atoms with Crippen molar-refractivity contribution < 1.29 is 22.3 Å². The maximum absolute atomic E-state index is 12.8. The van der Waals surface area contributed by atoms with Crippen LogP contribution in [-0.2, 0) is 11.3 Å². The van der Waals surface area contributed by atoms with Gasteiger partial charge in [0.2, 0.25) is 0 Å². The van der Waals surface area contributed by atoms with Gasteiger partial charge in [0.1, 0.15) is 12.4 Å². The van der Waals surface area contributed by atoms with Crippen molar-refractivity contribution in [1.82, 2.24) is 0 Å². The molecular formula is C15H11F4O. The van der Waals surface area contributed by atoms with E-state index in [4.69, 9.17) is 0 Å². The maximum Gasteiger partial charge on any atom is 0.411 e. The molecule has 0 spiro atoms. The fourth-order valence-electron chi connectivity index (χ4n) is 1.70. The Kier molecular flexibility index (Phi) is 4.39. The van der Waals surface area contributed by atoms with Gasteiger partial charge in [-0.1, -0.05) is 12.1 Å². The average molecular weight is 283 g/mol. The lowest BCUT2D eigenvalue weighted by atomic mass is 10.0.